The van der Waals surface area contributed by atoms with Gasteiger partial charge in [-0.25, -0.2) is 4.39 Å². The van der Waals surface area contributed by atoms with Crippen molar-refractivity contribution in [2.24, 2.45) is 11.5 Å². The van der Waals surface area contributed by atoms with Crippen LogP contribution >= 0.6 is 0 Å². The number of benzene rings is 1. The van der Waals surface area contributed by atoms with Crippen molar-refractivity contribution < 1.29 is 13.9 Å². The maximum Gasteiger partial charge on any atom is 0.220 e. The number of carbonyl (C=O) groups is 1. The summed E-state index contributed by atoms with van der Waals surface area (Å²) in [6.45, 7) is 0.359. The molecule has 4 N–H and O–H groups in total. The van der Waals surface area contributed by atoms with Gasteiger partial charge in [-0.2, -0.15) is 0 Å². The maximum absolute atomic E-state index is 12.8. The molecule has 0 saturated heterocycles. The van der Waals surface area contributed by atoms with Crippen molar-refractivity contribution in [3.63, 3.8) is 0 Å². The van der Waals surface area contributed by atoms with E-state index in [0.717, 1.165) is 0 Å². The van der Waals surface area contributed by atoms with Crippen LogP contribution in [0.4, 0.5) is 4.39 Å². The molecule has 0 spiro atoms. The molecule has 15 heavy (non-hydrogen) atoms. The largest absolute Gasteiger partial charge is 0.493 e. The fourth-order valence-corrected chi connectivity index (χ4v) is 1.11. The van der Waals surface area contributed by atoms with E-state index in [0.29, 0.717) is 11.3 Å². The number of halogens is 1. The van der Waals surface area contributed by atoms with Gasteiger partial charge < -0.3 is 16.2 Å². The van der Waals surface area contributed by atoms with Gasteiger partial charge >= 0.3 is 0 Å². The van der Waals surface area contributed by atoms with E-state index in [9.17, 15) is 9.18 Å². The van der Waals surface area contributed by atoms with Crippen LogP contribution in [-0.2, 0) is 11.3 Å². The van der Waals surface area contributed by atoms with Gasteiger partial charge in [0.1, 0.15) is 11.6 Å². The third-order valence-electron chi connectivity index (χ3n) is 1.85. The summed E-state index contributed by atoms with van der Waals surface area (Å²) in [6.07, 6.45) is 0.126. The van der Waals surface area contributed by atoms with Crippen LogP contribution < -0.4 is 16.2 Å². The summed E-state index contributed by atoms with van der Waals surface area (Å²) in [6, 6.07) is 4.07. The van der Waals surface area contributed by atoms with E-state index in [-0.39, 0.29) is 25.4 Å². The van der Waals surface area contributed by atoms with Gasteiger partial charge in [0.15, 0.2) is 0 Å². The molecule has 0 aromatic heterocycles. The summed E-state index contributed by atoms with van der Waals surface area (Å²) in [5, 5.41) is 0. The Morgan fingerprint density at radius 1 is 1.47 bits per heavy atom. The third-order valence-corrected chi connectivity index (χ3v) is 1.85. The molecule has 0 radical (unpaired) electrons. The van der Waals surface area contributed by atoms with Crippen molar-refractivity contribution in [1.29, 1.82) is 0 Å². The number of nitrogens with two attached hydrogens (primary N) is 2. The molecule has 0 heterocycles. The van der Waals surface area contributed by atoms with Crippen LogP contribution in [0.5, 0.6) is 5.75 Å². The normalized spacial score (nSPS) is 10.0. The molecule has 1 amide bonds. The summed E-state index contributed by atoms with van der Waals surface area (Å²) in [5.41, 5.74) is 10.9. The molecule has 0 aliphatic carbocycles. The third kappa shape index (κ3) is 3.55. The molecule has 1 aromatic rings. The van der Waals surface area contributed by atoms with Gasteiger partial charge in [0, 0.05) is 12.1 Å². The smallest absolute Gasteiger partial charge is 0.220 e. The first-order valence-electron chi connectivity index (χ1n) is 4.53. The summed E-state index contributed by atoms with van der Waals surface area (Å²) in [5.74, 6) is -0.315. The second-order valence-electron chi connectivity index (χ2n) is 3.02. The second kappa shape index (κ2) is 5.31. The molecule has 4 nitrogen and oxygen atoms in total. The standard InChI is InChI=1S/C10H13FN2O2/c11-8-1-2-9(7(5-8)6-12)15-4-3-10(13)14/h1-2,5H,3-4,6,12H2,(H2,13,14). The molecule has 1 rings (SSSR count). The maximum atomic E-state index is 12.8. The molecule has 0 fully saturated rings. The monoisotopic (exact) mass is 212 g/mol. The predicted octanol–water partition coefficient (Wildman–Crippen LogP) is 0.539. The lowest BCUT2D eigenvalue weighted by Gasteiger charge is -2.09. The number of ether oxygens (including phenoxy) is 1. The zero-order chi connectivity index (χ0) is 11.3. The molecule has 82 valence electrons. The minimum Gasteiger partial charge on any atom is -0.493 e. The van der Waals surface area contributed by atoms with Gasteiger partial charge in [0.25, 0.3) is 0 Å². The van der Waals surface area contributed by atoms with E-state index >= 15 is 0 Å². The zero-order valence-electron chi connectivity index (χ0n) is 8.20. The zero-order valence-corrected chi connectivity index (χ0v) is 8.20. The molecular weight excluding hydrogens is 199 g/mol. The first-order valence-corrected chi connectivity index (χ1v) is 4.53. The molecule has 0 unspecified atom stereocenters. The van der Waals surface area contributed by atoms with Crippen molar-refractivity contribution in [2.45, 2.75) is 13.0 Å². The number of primary amides is 1. The van der Waals surface area contributed by atoms with E-state index in [2.05, 4.69) is 0 Å². The molecule has 0 aliphatic rings. The van der Waals surface area contributed by atoms with Gasteiger partial charge in [-0.3, -0.25) is 4.79 Å². The number of hydrogen-bond donors (Lipinski definition) is 2. The Balaban J connectivity index is 2.63. The Morgan fingerprint density at radius 2 is 2.20 bits per heavy atom. The lowest BCUT2D eigenvalue weighted by atomic mass is 10.2. The van der Waals surface area contributed by atoms with Crippen LogP contribution in [0.25, 0.3) is 0 Å². The summed E-state index contributed by atoms with van der Waals surface area (Å²) in [4.78, 5) is 10.5. The fraction of sp³-hybridized carbons (Fsp3) is 0.300. The molecule has 0 bridgehead atoms. The number of hydrogen-bond acceptors (Lipinski definition) is 3. The molecule has 0 aliphatic heterocycles. The van der Waals surface area contributed by atoms with E-state index in [1.807, 2.05) is 0 Å². The van der Waals surface area contributed by atoms with Crippen LogP contribution in [0, 0.1) is 5.82 Å². The van der Waals surface area contributed by atoms with Crippen molar-refractivity contribution in [3.8, 4) is 5.75 Å². The number of amides is 1. The highest BCUT2D eigenvalue weighted by Crippen LogP contribution is 2.19. The highest BCUT2D eigenvalue weighted by atomic mass is 19.1. The Morgan fingerprint density at radius 3 is 2.80 bits per heavy atom. The average molecular weight is 212 g/mol. The lowest BCUT2D eigenvalue weighted by Crippen LogP contribution is -2.15. The second-order valence-corrected chi connectivity index (χ2v) is 3.02. The molecule has 5 heteroatoms. The van der Waals surface area contributed by atoms with Crippen LogP contribution in [0.15, 0.2) is 18.2 Å². The SMILES string of the molecule is NCc1cc(F)ccc1OCCC(N)=O. The Hall–Kier alpha value is -1.62. The van der Waals surface area contributed by atoms with Gasteiger partial charge in [-0.1, -0.05) is 0 Å². The lowest BCUT2D eigenvalue weighted by molar-refractivity contribution is -0.118. The van der Waals surface area contributed by atoms with E-state index in [1.54, 1.807) is 0 Å². The molecule has 0 saturated carbocycles. The summed E-state index contributed by atoms with van der Waals surface area (Å²) >= 11 is 0. The van der Waals surface area contributed by atoms with E-state index < -0.39 is 5.91 Å². The van der Waals surface area contributed by atoms with Crippen LogP contribution in [0.3, 0.4) is 0 Å². The Bertz CT molecular complexity index is 355. The summed E-state index contributed by atoms with van der Waals surface area (Å²) < 4.78 is 18.0. The van der Waals surface area contributed by atoms with Crippen LogP contribution in [0.2, 0.25) is 0 Å². The van der Waals surface area contributed by atoms with Gasteiger partial charge in [-0.15, -0.1) is 0 Å². The van der Waals surface area contributed by atoms with Gasteiger partial charge in [-0.05, 0) is 18.2 Å². The minimum absolute atomic E-state index is 0.126. The predicted molar refractivity (Wildman–Crippen MR) is 53.6 cm³/mol. The highest BCUT2D eigenvalue weighted by molar-refractivity contribution is 5.73. The van der Waals surface area contributed by atoms with E-state index in [4.69, 9.17) is 16.2 Å². The highest BCUT2D eigenvalue weighted by Gasteiger charge is 2.04. The van der Waals surface area contributed by atoms with Gasteiger partial charge in [0.2, 0.25) is 5.91 Å². The quantitative estimate of drug-likeness (QED) is 0.747. The van der Waals surface area contributed by atoms with E-state index in [1.165, 1.54) is 18.2 Å². The Kier molecular flexibility index (Phi) is 4.05. The molecular formula is C10H13FN2O2. The number of rotatable bonds is 5. The van der Waals surface area contributed by atoms with Crippen molar-refractivity contribution in [2.75, 3.05) is 6.61 Å². The van der Waals surface area contributed by atoms with Crippen molar-refractivity contribution in [3.05, 3.63) is 29.6 Å². The van der Waals surface area contributed by atoms with Gasteiger partial charge in [0.05, 0.1) is 13.0 Å². The topological polar surface area (TPSA) is 78.3 Å². The molecule has 1 aromatic carbocycles. The number of carbonyl (C=O) groups excluding carboxylic acids is 1. The summed E-state index contributed by atoms with van der Waals surface area (Å²) in [7, 11) is 0. The first-order chi connectivity index (χ1) is 7.13. The van der Waals surface area contributed by atoms with Crippen LogP contribution in [-0.4, -0.2) is 12.5 Å². The van der Waals surface area contributed by atoms with Crippen LogP contribution in [0.1, 0.15) is 12.0 Å². The Labute approximate surface area is 87.0 Å². The van der Waals surface area contributed by atoms with Crippen molar-refractivity contribution in [1.82, 2.24) is 0 Å². The minimum atomic E-state index is -0.439. The first kappa shape index (κ1) is 11.5. The fourth-order valence-electron chi connectivity index (χ4n) is 1.11. The molecule has 0 atom stereocenters. The van der Waals surface area contributed by atoms with Crippen molar-refractivity contribution >= 4 is 5.91 Å². The average Bonchev–Trinajstić information content (AvgIpc) is 2.19.